The van der Waals surface area contributed by atoms with E-state index in [4.69, 9.17) is 9.47 Å². The van der Waals surface area contributed by atoms with E-state index < -0.39 is 0 Å². The van der Waals surface area contributed by atoms with Crippen LogP contribution in [0.1, 0.15) is 38.3 Å². The van der Waals surface area contributed by atoms with Crippen LogP contribution in [0.2, 0.25) is 0 Å². The van der Waals surface area contributed by atoms with Crippen molar-refractivity contribution >= 4 is 5.57 Å². The molecule has 0 heterocycles. The van der Waals surface area contributed by atoms with E-state index in [1.54, 1.807) is 7.11 Å². The maximum Gasteiger partial charge on any atom is 0.163 e. The predicted octanol–water partition coefficient (Wildman–Crippen LogP) is 4.82. The summed E-state index contributed by atoms with van der Waals surface area (Å²) in [6.45, 7) is 7.14. The Kier molecular flexibility index (Phi) is 5.14. The van der Waals surface area contributed by atoms with Crippen molar-refractivity contribution in [1.82, 2.24) is 5.32 Å². The fourth-order valence-electron chi connectivity index (χ4n) is 3.39. The third-order valence-corrected chi connectivity index (χ3v) is 4.78. The van der Waals surface area contributed by atoms with Crippen molar-refractivity contribution in [2.45, 2.75) is 39.2 Å². The first kappa shape index (κ1) is 17.6. The molecule has 0 aromatic heterocycles. The summed E-state index contributed by atoms with van der Waals surface area (Å²) in [6.07, 6.45) is 2.05. The second kappa shape index (κ2) is 7.32. The highest BCUT2D eigenvalue weighted by Gasteiger charge is 2.25. The molecule has 25 heavy (non-hydrogen) atoms. The number of para-hydroxylation sites is 2. The van der Waals surface area contributed by atoms with Crippen molar-refractivity contribution in [3.8, 4) is 11.5 Å². The fourth-order valence-corrected chi connectivity index (χ4v) is 3.39. The van der Waals surface area contributed by atoms with Gasteiger partial charge in [-0.1, -0.05) is 42.0 Å². The van der Waals surface area contributed by atoms with E-state index in [0.717, 1.165) is 24.3 Å². The van der Waals surface area contributed by atoms with Crippen molar-refractivity contribution in [1.29, 1.82) is 0 Å². The molecule has 2 aromatic rings. The van der Waals surface area contributed by atoms with Gasteiger partial charge in [0, 0.05) is 5.54 Å². The molecular weight excluding hydrogens is 310 g/mol. The first-order chi connectivity index (χ1) is 12.0. The molecule has 0 fully saturated rings. The highest BCUT2D eigenvalue weighted by molar-refractivity contribution is 5.76. The molecule has 1 N–H and O–H groups in total. The molecule has 0 radical (unpaired) electrons. The van der Waals surface area contributed by atoms with E-state index in [0.29, 0.717) is 6.73 Å². The van der Waals surface area contributed by atoms with Crippen LogP contribution in [0, 0.1) is 0 Å². The van der Waals surface area contributed by atoms with E-state index in [1.807, 2.05) is 24.3 Å². The van der Waals surface area contributed by atoms with Crippen molar-refractivity contribution in [2.24, 2.45) is 0 Å². The summed E-state index contributed by atoms with van der Waals surface area (Å²) in [5.74, 6) is 1.51. The molecular formula is C22H27NO2. The van der Waals surface area contributed by atoms with Gasteiger partial charge in [0.1, 0.15) is 6.73 Å². The van der Waals surface area contributed by atoms with Gasteiger partial charge in [0.25, 0.3) is 0 Å². The summed E-state index contributed by atoms with van der Waals surface area (Å²) < 4.78 is 11.2. The average molecular weight is 337 g/mol. The van der Waals surface area contributed by atoms with Gasteiger partial charge in [-0.25, -0.2) is 0 Å². The maximum atomic E-state index is 5.87. The van der Waals surface area contributed by atoms with E-state index >= 15 is 0 Å². The molecule has 2 aromatic carbocycles. The molecule has 0 spiro atoms. The summed E-state index contributed by atoms with van der Waals surface area (Å²) in [4.78, 5) is 0. The highest BCUT2D eigenvalue weighted by atomic mass is 16.5. The zero-order valence-electron chi connectivity index (χ0n) is 15.6. The molecule has 3 rings (SSSR count). The number of rotatable bonds is 7. The van der Waals surface area contributed by atoms with Gasteiger partial charge in [0.15, 0.2) is 11.5 Å². The van der Waals surface area contributed by atoms with Gasteiger partial charge in [-0.2, -0.15) is 0 Å². The van der Waals surface area contributed by atoms with Crippen LogP contribution < -0.4 is 14.8 Å². The van der Waals surface area contributed by atoms with Crippen LogP contribution in [-0.4, -0.2) is 19.4 Å². The Labute approximate surface area is 150 Å². The van der Waals surface area contributed by atoms with E-state index in [1.165, 1.54) is 22.3 Å². The van der Waals surface area contributed by atoms with Crippen LogP contribution >= 0.6 is 0 Å². The van der Waals surface area contributed by atoms with Gasteiger partial charge in [-0.15, -0.1) is 0 Å². The lowest BCUT2D eigenvalue weighted by molar-refractivity contribution is 0.222. The molecule has 0 unspecified atom stereocenters. The Balaban J connectivity index is 1.62. The van der Waals surface area contributed by atoms with Gasteiger partial charge >= 0.3 is 0 Å². The Morgan fingerprint density at radius 2 is 1.68 bits per heavy atom. The van der Waals surface area contributed by atoms with Crippen LogP contribution in [0.15, 0.2) is 54.1 Å². The molecule has 3 nitrogen and oxygen atoms in total. The molecule has 1 aliphatic carbocycles. The molecule has 1 aliphatic rings. The number of nitrogens with one attached hydrogen (secondary N) is 1. The third-order valence-electron chi connectivity index (χ3n) is 4.78. The van der Waals surface area contributed by atoms with Crippen LogP contribution in [0.25, 0.3) is 5.57 Å². The Morgan fingerprint density at radius 1 is 1.00 bits per heavy atom. The lowest BCUT2D eigenvalue weighted by atomic mass is 9.90. The van der Waals surface area contributed by atoms with Crippen molar-refractivity contribution in [3.05, 3.63) is 65.2 Å². The molecule has 0 saturated carbocycles. The molecule has 3 heteroatoms. The third kappa shape index (κ3) is 4.05. The summed E-state index contributed by atoms with van der Waals surface area (Å²) in [5, 5.41) is 3.53. The molecule has 0 amide bonds. The number of hydrogen-bond acceptors (Lipinski definition) is 3. The van der Waals surface area contributed by atoms with Crippen molar-refractivity contribution in [2.75, 3.05) is 13.8 Å². The minimum absolute atomic E-state index is 0.0595. The second-order valence-corrected chi connectivity index (χ2v) is 7.27. The maximum absolute atomic E-state index is 5.87. The van der Waals surface area contributed by atoms with Crippen LogP contribution in [-0.2, 0) is 6.42 Å². The zero-order chi connectivity index (χ0) is 17.9. The largest absolute Gasteiger partial charge is 0.493 e. The summed E-state index contributed by atoms with van der Waals surface area (Å²) in [7, 11) is 1.66. The second-order valence-electron chi connectivity index (χ2n) is 7.27. The number of fused-ring (bicyclic) bond motifs is 1. The minimum Gasteiger partial charge on any atom is -0.493 e. The summed E-state index contributed by atoms with van der Waals surface area (Å²) in [5.41, 5.74) is 5.72. The SMILES string of the molecule is COc1ccccc1OCNC(C)(C)CC1=C(C)Cc2ccccc21. The van der Waals surface area contributed by atoms with Crippen molar-refractivity contribution in [3.63, 3.8) is 0 Å². The number of benzene rings is 2. The number of hydrogen-bond donors (Lipinski definition) is 1. The average Bonchev–Trinajstić information content (AvgIpc) is 2.90. The van der Waals surface area contributed by atoms with E-state index in [9.17, 15) is 0 Å². The van der Waals surface area contributed by atoms with Gasteiger partial charge in [0.2, 0.25) is 0 Å². The van der Waals surface area contributed by atoms with Crippen LogP contribution in [0.4, 0.5) is 0 Å². The lowest BCUT2D eigenvalue weighted by Crippen LogP contribution is -2.41. The van der Waals surface area contributed by atoms with Gasteiger partial charge in [-0.3, -0.25) is 5.32 Å². The Hall–Kier alpha value is -2.26. The number of allylic oxidation sites excluding steroid dienone is 1. The fraction of sp³-hybridized carbons (Fsp3) is 0.364. The Bertz CT molecular complexity index is 777. The normalized spacial score (nSPS) is 13.8. The monoisotopic (exact) mass is 337 g/mol. The van der Waals surface area contributed by atoms with Gasteiger partial charge < -0.3 is 9.47 Å². The topological polar surface area (TPSA) is 30.5 Å². The van der Waals surface area contributed by atoms with Gasteiger partial charge in [0.05, 0.1) is 7.11 Å². The zero-order valence-corrected chi connectivity index (χ0v) is 15.6. The van der Waals surface area contributed by atoms with E-state index in [2.05, 4.69) is 50.4 Å². The quantitative estimate of drug-likeness (QED) is 0.735. The predicted molar refractivity (Wildman–Crippen MR) is 103 cm³/mol. The molecule has 0 atom stereocenters. The van der Waals surface area contributed by atoms with Crippen molar-refractivity contribution < 1.29 is 9.47 Å². The summed E-state index contributed by atoms with van der Waals surface area (Å²) in [6, 6.07) is 16.4. The first-order valence-corrected chi connectivity index (χ1v) is 8.78. The van der Waals surface area contributed by atoms with Gasteiger partial charge in [-0.05, 0) is 62.4 Å². The molecule has 132 valence electrons. The first-order valence-electron chi connectivity index (χ1n) is 8.78. The van der Waals surface area contributed by atoms with Crippen LogP contribution in [0.3, 0.4) is 0 Å². The molecule has 0 bridgehead atoms. The molecule has 0 aliphatic heterocycles. The minimum atomic E-state index is -0.0595. The number of ether oxygens (including phenoxy) is 2. The molecule has 0 saturated heterocycles. The van der Waals surface area contributed by atoms with Crippen LogP contribution in [0.5, 0.6) is 11.5 Å². The lowest BCUT2D eigenvalue weighted by Gasteiger charge is -2.28. The van der Waals surface area contributed by atoms with E-state index in [-0.39, 0.29) is 5.54 Å². The summed E-state index contributed by atoms with van der Waals surface area (Å²) >= 11 is 0. The Morgan fingerprint density at radius 3 is 2.44 bits per heavy atom. The highest BCUT2D eigenvalue weighted by Crippen LogP contribution is 2.37. The smallest absolute Gasteiger partial charge is 0.163 e. The number of methoxy groups -OCH3 is 1. The standard InChI is InChI=1S/C22H27NO2/c1-16-13-17-9-5-6-10-18(17)19(16)14-22(2,3)23-15-25-21-12-8-7-11-20(21)24-4/h5-12,23H,13-15H2,1-4H3.